The molecule has 10 heteroatoms. The Labute approximate surface area is 234 Å². The average Bonchev–Trinajstić information content (AvgIpc) is 3.43. The third kappa shape index (κ3) is 4.99. The molecule has 10 nitrogen and oxygen atoms in total. The summed E-state index contributed by atoms with van der Waals surface area (Å²) in [7, 11) is 0. The smallest absolute Gasteiger partial charge is 0.410 e. The van der Waals surface area contributed by atoms with Crippen LogP contribution in [0.25, 0.3) is 5.69 Å². The molecule has 3 N–H and O–H groups in total. The van der Waals surface area contributed by atoms with Crippen LogP contribution in [0.15, 0.2) is 54.6 Å². The number of amides is 2. The molecule has 2 saturated heterocycles. The second-order valence-corrected chi connectivity index (χ2v) is 11.8. The quantitative estimate of drug-likeness (QED) is 0.478. The Hall–Kier alpha value is -4.05. The summed E-state index contributed by atoms with van der Waals surface area (Å²) in [5.74, 6) is 0.888. The van der Waals surface area contributed by atoms with Gasteiger partial charge in [0.2, 0.25) is 0 Å². The van der Waals surface area contributed by atoms with E-state index in [0.717, 1.165) is 49.5 Å². The normalized spacial score (nSPS) is 22.4. The lowest BCUT2D eigenvalue weighted by atomic mass is 10.00. The Morgan fingerprint density at radius 3 is 2.23 bits per heavy atom. The zero-order valence-electron chi connectivity index (χ0n) is 23.2. The first-order valence-electron chi connectivity index (χ1n) is 13.9. The zero-order valence-corrected chi connectivity index (χ0v) is 23.2. The van der Waals surface area contributed by atoms with E-state index in [-0.39, 0.29) is 24.2 Å². The fraction of sp³-hybridized carbons (Fsp3) is 0.433. The van der Waals surface area contributed by atoms with Crippen molar-refractivity contribution in [1.82, 2.24) is 19.6 Å². The third-order valence-corrected chi connectivity index (χ3v) is 7.80. The van der Waals surface area contributed by atoms with Gasteiger partial charge in [0.05, 0.1) is 17.4 Å². The Bertz CT molecular complexity index is 1380. The van der Waals surface area contributed by atoms with Crippen molar-refractivity contribution in [2.24, 2.45) is 5.73 Å². The minimum Gasteiger partial charge on any atom is -0.457 e. The standard InChI is InChI=1S/C30H36N6O4/c1-30(2,3)40-29(38)35-20-9-10-21(35)18-34(17-20)24-15-16-32-26-25(24)33-36(27(26)28(31)37)19-11-13-23(14-12-19)39-22-7-5-4-6-8-22/h4-8,11-14,20-21,24,32H,9-10,15-18H2,1-3H3,(H2,31,37)/t20-,21+,24?. The van der Waals surface area contributed by atoms with Gasteiger partial charge >= 0.3 is 6.09 Å². The summed E-state index contributed by atoms with van der Waals surface area (Å²) >= 11 is 0. The van der Waals surface area contributed by atoms with Gasteiger partial charge in [0.25, 0.3) is 5.91 Å². The van der Waals surface area contributed by atoms with Gasteiger partial charge in [0.15, 0.2) is 5.69 Å². The van der Waals surface area contributed by atoms with E-state index >= 15 is 0 Å². The van der Waals surface area contributed by atoms with Crippen LogP contribution in [0.4, 0.5) is 10.5 Å². The van der Waals surface area contributed by atoms with Crippen molar-refractivity contribution >= 4 is 17.7 Å². The minimum absolute atomic E-state index is 0.0140. The SMILES string of the molecule is CC(C)(C)OC(=O)N1[C@@H]2CC[C@H]1CN(C1CCNc3c1nn(-c1ccc(Oc4ccccc4)cc1)c3C(N)=O)C2. The lowest BCUT2D eigenvalue weighted by molar-refractivity contribution is -0.0121. The van der Waals surface area contributed by atoms with E-state index in [2.05, 4.69) is 10.2 Å². The number of rotatable bonds is 5. The first-order chi connectivity index (χ1) is 19.2. The molecule has 40 heavy (non-hydrogen) atoms. The molecule has 0 spiro atoms. The summed E-state index contributed by atoms with van der Waals surface area (Å²) in [4.78, 5) is 30.0. The van der Waals surface area contributed by atoms with Gasteiger partial charge in [-0.2, -0.15) is 5.10 Å². The summed E-state index contributed by atoms with van der Waals surface area (Å²) in [6.45, 7) is 7.88. The summed E-state index contributed by atoms with van der Waals surface area (Å²) in [5.41, 5.74) is 7.94. The molecule has 6 rings (SSSR count). The highest BCUT2D eigenvalue weighted by Gasteiger charge is 2.47. The van der Waals surface area contributed by atoms with Crippen molar-refractivity contribution in [1.29, 1.82) is 0 Å². The fourth-order valence-electron chi connectivity index (χ4n) is 6.17. The number of piperazine rings is 1. The summed E-state index contributed by atoms with van der Waals surface area (Å²) in [6.07, 6.45) is 2.52. The lowest BCUT2D eigenvalue weighted by Gasteiger charge is -2.44. The molecule has 2 fully saturated rings. The zero-order chi connectivity index (χ0) is 28.0. The van der Waals surface area contributed by atoms with Crippen LogP contribution in [0.1, 0.15) is 62.3 Å². The number of nitrogens with zero attached hydrogens (tertiary/aromatic N) is 4. The number of benzene rings is 2. The number of carbonyl (C=O) groups excluding carboxylic acids is 2. The largest absolute Gasteiger partial charge is 0.457 e. The first-order valence-corrected chi connectivity index (χ1v) is 13.9. The number of nitrogens with two attached hydrogens (primary N) is 1. The molecule has 2 amide bonds. The van der Waals surface area contributed by atoms with Crippen molar-refractivity contribution < 1.29 is 19.1 Å². The molecular weight excluding hydrogens is 508 g/mol. The van der Waals surface area contributed by atoms with Crippen LogP contribution in [0.5, 0.6) is 11.5 Å². The van der Waals surface area contributed by atoms with Gasteiger partial charge in [-0.05, 0) is 76.4 Å². The predicted molar refractivity (Wildman–Crippen MR) is 151 cm³/mol. The number of likely N-dealkylation sites (tertiary alicyclic amines) is 1. The number of anilines is 1. The highest BCUT2D eigenvalue weighted by atomic mass is 16.6. The van der Waals surface area contributed by atoms with Crippen molar-refractivity contribution in [2.75, 3.05) is 25.0 Å². The van der Waals surface area contributed by atoms with Crippen LogP contribution < -0.4 is 15.8 Å². The Balaban J connectivity index is 1.25. The van der Waals surface area contributed by atoms with Crippen molar-refractivity contribution in [2.45, 2.75) is 63.8 Å². The van der Waals surface area contributed by atoms with E-state index in [1.54, 1.807) is 4.68 Å². The summed E-state index contributed by atoms with van der Waals surface area (Å²) < 4.78 is 13.3. The minimum atomic E-state index is -0.540. The average molecular weight is 545 g/mol. The van der Waals surface area contributed by atoms with Crippen molar-refractivity contribution in [3.05, 3.63) is 66.0 Å². The Morgan fingerprint density at radius 2 is 1.60 bits per heavy atom. The molecule has 0 radical (unpaired) electrons. The topological polar surface area (TPSA) is 115 Å². The third-order valence-electron chi connectivity index (χ3n) is 7.80. The van der Waals surface area contributed by atoms with Crippen LogP contribution in [-0.2, 0) is 4.74 Å². The molecule has 0 saturated carbocycles. The fourth-order valence-corrected chi connectivity index (χ4v) is 6.17. The molecule has 1 aromatic heterocycles. The van der Waals surface area contributed by atoms with Gasteiger partial charge < -0.3 is 20.5 Å². The second kappa shape index (κ2) is 10.2. The molecule has 3 aromatic rings. The molecule has 4 heterocycles. The molecule has 3 aliphatic heterocycles. The van der Waals surface area contributed by atoms with Crippen LogP contribution >= 0.6 is 0 Å². The highest BCUT2D eigenvalue weighted by Crippen LogP contribution is 2.41. The number of hydrogen-bond acceptors (Lipinski definition) is 7. The summed E-state index contributed by atoms with van der Waals surface area (Å²) in [5, 5.41) is 8.34. The number of hydrogen-bond donors (Lipinski definition) is 2. The van der Waals surface area contributed by atoms with E-state index in [9.17, 15) is 9.59 Å². The Morgan fingerprint density at radius 1 is 0.950 bits per heavy atom. The number of fused-ring (bicyclic) bond motifs is 3. The Kier molecular flexibility index (Phi) is 6.66. The maximum absolute atomic E-state index is 13.0. The lowest BCUT2D eigenvalue weighted by Crippen LogP contribution is -2.57. The van der Waals surface area contributed by atoms with Gasteiger partial charge in [-0.1, -0.05) is 18.2 Å². The van der Waals surface area contributed by atoms with Gasteiger partial charge in [-0.3, -0.25) is 14.6 Å². The highest BCUT2D eigenvalue weighted by molar-refractivity contribution is 5.98. The maximum Gasteiger partial charge on any atom is 0.410 e. The van der Waals surface area contributed by atoms with E-state index in [4.69, 9.17) is 20.3 Å². The van der Waals surface area contributed by atoms with Gasteiger partial charge in [0.1, 0.15) is 22.8 Å². The molecule has 1 unspecified atom stereocenters. The van der Waals surface area contributed by atoms with Crippen LogP contribution in [0.2, 0.25) is 0 Å². The molecule has 2 bridgehead atoms. The molecule has 2 aromatic carbocycles. The van der Waals surface area contributed by atoms with Crippen LogP contribution in [0.3, 0.4) is 0 Å². The van der Waals surface area contributed by atoms with Crippen LogP contribution in [-0.4, -0.2) is 68.9 Å². The molecular formula is C30H36N6O4. The second-order valence-electron chi connectivity index (χ2n) is 11.8. The molecule has 3 aliphatic rings. The van der Waals surface area contributed by atoms with E-state index < -0.39 is 11.5 Å². The monoisotopic (exact) mass is 544 g/mol. The van der Waals surface area contributed by atoms with Gasteiger partial charge in [0, 0.05) is 31.7 Å². The summed E-state index contributed by atoms with van der Waals surface area (Å²) in [6, 6.07) is 17.2. The number of carbonyl (C=O) groups is 2. The van der Waals surface area contributed by atoms with E-state index in [1.165, 1.54) is 0 Å². The van der Waals surface area contributed by atoms with Gasteiger partial charge in [-0.15, -0.1) is 0 Å². The van der Waals surface area contributed by atoms with Crippen molar-refractivity contribution in [3.63, 3.8) is 0 Å². The van der Waals surface area contributed by atoms with E-state index in [0.29, 0.717) is 23.7 Å². The maximum atomic E-state index is 13.0. The van der Waals surface area contributed by atoms with E-state index in [1.807, 2.05) is 80.3 Å². The molecule has 3 atom stereocenters. The van der Waals surface area contributed by atoms with Crippen LogP contribution in [0, 0.1) is 0 Å². The predicted octanol–water partition coefficient (Wildman–Crippen LogP) is 4.70. The number of ether oxygens (including phenoxy) is 2. The van der Waals surface area contributed by atoms with Crippen molar-refractivity contribution in [3.8, 4) is 17.2 Å². The number of primary amides is 1. The number of para-hydroxylation sites is 1. The number of nitrogens with one attached hydrogen (secondary N) is 1. The first kappa shape index (κ1) is 26.2. The molecule has 210 valence electrons. The molecule has 0 aliphatic carbocycles. The number of aromatic nitrogens is 2. The van der Waals surface area contributed by atoms with Gasteiger partial charge in [-0.25, -0.2) is 9.48 Å².